The molecule has 0 atom stereocenters. The smallest absolute Gasteiger partial charge is 0.159 e. The molecule has 0 radical (unpaired) electrons. The standard InChI is InChI=1S/C52H32N2O2/c1-3-17-35(18-4-1)53(43-27-13-23-39-37-21-7-9-29-47(37)55-51(39)43)45-31-33-15-11-16-34-32-46(42-26-12-25-41(45)50(42)49(33)34)54(36-19-5-2-6-20-36)44-28-14-24-40-38-22-8-10-30-48(38)56-52(40)44/h1-32H. The van der Waals surface area contributed by atoms with E-state index in [0.29, 0.717) is 0 Å². The van der Waals surface area contributed by atoms with Crippen LogP contribution in [-0.4, -0.2) is 0 Å². The molecule has 10 aromatic carbocycles. The highest BCUT2D eigenvalue weighted by Gasteiger charge is 2.26. The second-order valence-electron chi connectivity index (χ2n) is 14.4. The average molecular weight is 717 g/mol. The number of hydrogen-bond donors (Lipinski definition) is 0. The van der Waals surface area contributed by atoms with Gasteiger partial charge in [0.05, 0.1) is 22.7 Å². The Balaban J connectivity index is 1.18. The Morgan fingerprint density at radius 2 is 0.679 bits per heavy atom. The predicted octanol–water partition coefficient (Wildman–Crippen LogP) is 15.3. The van der Waals surface area contributed by atoms with Crippen LogP contribution in [0, 0.1) is 0 Å². The van der Waals surface area contributed by atoms with Crippen LogP contribution in [0.3, 0.4) is 0 Å². The van der Waals surface area contributed by atoms with Crippen LogP contribution in [0.15, 0.2) is 203 Å². The molecule has 0 saturated heterocycles. The van der Waals surface area contributed by atoms with Gasteiger partial charge in [0.2, 0.25) is 0 Å². The van der Waals surface area contributed by atoms with Crippen molar-refractivity contribution in [2.45, 2.75) is 0 Å². The molecule has 4 nitrogen and oxygen atoms in total. The zero-order valence-electron chi connectivity index (χ0n) is 30.2. The van der Waals surface area contributed by atoms with Crippen LogP contribution in [0.25, 0.3) is 76.2 Å². The molecule has 0 fully saturated rings. The van der Waals surface area contributed by atoms with Crippen LogP contribution in [0.2, 0.25) is 0 Å². The van der Waals surface area contributed by atoms with Crippen LogP contribution >= 0.6 is 0 Å². The van der Waals surface area contributed by atoms with E-state index in [0.717, 1.165) is 88.8 Å². The maximum Gasteiger partial charge on any atom is 0.159 e. The van der Waals surface area contributed by atoms with Crippen LogP contribution in [0.4, 0.5) is 34.1 Å². The van der Waals surface area contributed by atoms with Gasteiger partial charge in [-0.15, -0.1) is 0 Å². The Bertz CT molecular complexity index is 3210. The van der Waals surface area contributed by atoms with Crippen molar-refractivity contribution >= 4 is 110 Å². The molecule has 0 aliphatic rings. The highest BCUT2D eigenvalue weighted by Crippen LogP contribution is 2.51. The molecule has 0 N–H and O–H groups in total. The lowest BCUT2D eigenvalue weighted by Gasteiger charge is -2.30. The number of nitrogens with zero attached hydrogens (tertiary/aromatic N) is 2. The Labute approximate surface area is 322 Å². The summed E-state index contributed by atoms with van der Waals surface area (Å²) in [4.78, 5) is 4.75. The molecule has 4 heteroatoms. The Hall–Kier alpha value is -7.56. The Morgan fingerprint density at radius 3 is 1.18 bits per heavy atom. The molecule has 0 aliphatic heterocycles. The molecule has 262 valence electrons. The van der Waals surface area contributed by atoms with Gasteiger partial charge in [-0.2, -0.15) is 0 Å². The van der Waals surface area contributed by atoms with E-state index in [1.807, 2.05) is 12.1 Å². The first-order chi connectivity index (χ1) is 27.8. The zero-order chi connectivity index (χ0) is 36.7. The Morgan fingerprint density at radius 1 is 0.286 bits per heavy atom. The summed E-state index contributed by atoms with van der Waals surface area (Å²) in [5.41, 5.74) is 9.72. The van der Waals surface area contributed by atoms with Crippen molar-refractivity contribution in [3.05, 3.63) is 194 Å². The monoisotopic (exact) mass is 716 g/mol. The molecule has 0 unspecified atom stereocenters. The lowest BCUT2D eigenvalue weighted by atomic mass is 9.91. The lowest BCUT2D eigenvalue weighted by molar-refractivity contribution is 0.669. The minimum atomic E-state index is 0.859. The van der Waals surface area contributed by atoms with Gasteiger partial charge in [0.15, 0.2) is 11.2 Å². The van der Waals surface area contributed by atoms with E-state index in [1.165, 1.54) is 21.5 Å². The van der Waals surface area contributed by atoms with Crippen LogP contribution in [-0.2, 0) is 0 Å². The molecule has 2 aromatic heterocycles. The van der Waals surface area contributed by atoms with Crippen molar-refractivity contribution in [2.75, 3.05) is 9.80 Å². The number of furan rings is 2. The van der Waals surface area contributed by atoms with E-state index in [-0.39, 0.29) is 0 Å². The van der Waals surface area contributed by atoms with E-state index in [1.54, 1.807) is 0 Å². The SMILES string of the molecule is c1ccc(N(c2cc3cccc4cc(N(c5ccccc5)c5cccc6c5oc5ccccc56)c5cccc2c5c34)c2cccc3c2oc2ccccc23)cc1. The summed E-state index contributed by atoms with van der Waals surface area (Å²) in [6, 6.07) is 68.9. The molecule has 56 heavy (non-hydrogen) atoms. The van der Waals surface area contributed by atoms with Crippen LogP contribution in [0.1, 0.15) is 0 Å². The first-order valence-corrected chi connectivity index (χ1v) is 19.0. The molecule has 12 aromatic rings. The van der Waals surface area contributed by atoms with Gasteiger partial charge < -0.3 is 18.6 Å². The van der Waals surface area contributed by atoms with Crippen molar-refractivity contribution in [1.82, 2.24) is 0 Å². The molecule has 12 rings (SSSR count). The molecular formula is C52H32N2O2. The summed E-state index contributed by atoms with van der Waals surface area (Å²) in [6.45, 7) is 0. The number of para-hydroxylation sites is 6. The predicted molar refractivity (Wildman–Crippen MR) is 234 cm³/mol. The van der Waals surface area contributed by atoms with Crippen molar-refractivity contribution in [3.63, 3.8) is 0 Å². The van der Waals surface area contributed by atoms with E-state index in [9.17, 15) is 0 Å². The summed E-state index contributed by atoms with van der Waals surface area (Å²) >= 11 is 0. The van der Waals surface area contributed by atoms with Crippen LogP contribution in [0.5, 0.6) is 0 Å². The molecule has 0 amide bonds. The van der Waals surface area contributed by atoms with Crippen molar-refractivity contribution in [2.24, 2.45) is 0 Å². The first kappa shape index (κ1) is 30.9. The van der Waals surface area contributed by atoms with E-state index >= 15 is 0 Å². The summed E-state index contributed by atoms with van der Waals surface area (Å²) in [5, 5.41) is 11.5. The fraction of sp³-hybridized carbons (Fsp3) is 0. The van der Waals surface area contributed by atoms with Crippen molar-refractivity contribution in [1.29, 1.82) is 0 Å². The highest BCUT2D eigenvalue weighted by molar-refractivity contribution is 6.30. The molecule has 0 saturated carbocycles. The van der Waals surface area contributed by atoms with E-state index in [2.05, 4.69) is 192 Å². The normalized spacial score (nSPS) is 11.9. The van der Waals surface area contributed by atoms with Gasteiger partial charge in [-0.1, -0.05) is 133 Å². The third-order valence-corrected chi connectivity index (χ3v) is 11.3. The molecule has 0 aliphatic carbocycles. The largest absolute Gasteiger partial charge is 0.454 e. The second kappa shape index (κ2) is 12.0. The fourth-order valence-electron chi connectivity index (χ4n) is 8.97. The van der Waals surface area contributed by atoms with Gasteiger partial charge in [-0.3, -0.25) is 0 Å². The minimum absolute atomic E-state index is 0.859. The van der Waals surface area contributed by atoms with Gasteiger partial charge in [0.25, 0.3) is 0 Å². The minimum Gasteiger partial charge on any atom is -0.454 e. The number of fused-ring (bicyclic) bond motifs is 6. The first-order valence-electron chi connectivity index (χ1n) is 19.0. The zero-order valence-corrected chi connectivity index (χ0v) is 30.2. The Kier molecular flexibility index (Phi) is 6.60. The van der Waals surface area contributed by atoms with Crippen molar-refractivity contribution in [3.8, 4) is 0 Å². The molecular weight excluding hydrogens is 685 g/mol. The van der Waals surface area contributed by atoms with Crippen LogP contribution < -0.4 is 9.80 Å². The fourth-order valence-corrected chi connectivity index (χ4v) is 8.97. The number of anilines is 6. The summed E-state index contributed by atoms with van der Waals surface area (Å²) < 4.78 is 13.4. The second-order valence-corrected chi connectivity index (χ2v) is 14.4. The summed E-state index contributed by atoms with van der Waals surface area (Å²) in [5.74, 6) is 0. The highest BCUT2D eigenvalue weighted by atomic mass is 16.3. The third kappa shape index (κ3) is 4.47. The molecule has 2 heterocycles. The number of hydrogen-bond acceptors (Lipinski definition) is 4. The van der Waals surface area contributed by atoms with Gasteiger partial charge in [-0.25, -0.2) is 0 Å². The number of rotatable bonds is 6. The summed E-state index contributed by atoms with van der Waals surface area (Å²) in [7, 11) is 0. The third-order valence-electron chi connectivity index (χ3n) is 11.3. The average Bonchev–Trinajstić information content (AvgIpc) is 3.84. The van der Waals surface area contributed by atoms with Gasteiger partial charge in [0, 0.05) is 49.1 Å². The maximum atomic E-state index is 6.70. The summed E-state index contributed by atoms with van der Waals surface area (Å²) in [6.07, 6.45) is 0. The van der Waals surface area contributed by atoms with Crippen molar-refractivity contribution < 1.29 is 8.83 Å². The quantitative estimate of drug-likeness (QED) is 0.160. The molecule has 0 spiro atoms. The van der Waals surface area contributed by atoms with Gasteiger partial charge >= 0.3 is 0 Å². The maximum absolute atomic E-state index is 6.70. The van der Waals surface area contributed by atoms with Gasteiger partial charge in [-0.05, 0) is 76.8 Å². The lowest BCUT2D eigenvalue weighted by Crippen LogP contribution is -2.12. The van der Waals surface area contributed by atoms with E-state index in [4.69, 9.17) is 8.83 Å². The molecule has 0 bridgehead atoms. The van der Waals surface area contributed by atoms with E-state index < -0.39 is 0 Å². The number of benzene rings is 10. The van der Waals surface area contributed by atoms with Gasteiger partial charge in [0.1, 0.15) is 11.2 Å². The topological polar surface area (TPSA) is 32.8 Å².